The van der Waals surface area contributed by atoms with E-state index in [9.17, 15) is 0 Å². The van der Waals surface area contributed by atoms with Crippen molar-refractivity contribution in [1.29, 1.82) is 0 Å². The van der Waals surface area contributed by atoms with Gasteiger partial charge in [-0.3, -0.25) is 4.68 Å². The lowest BCUT2D eigenvalue weighted by Crippen LogP contribution is -2.09. The van der Waals surface area contributed by atoms with Crippen LogP contribution in [0.15, 0.2) is 12.3 Å². The number of aromatic nitrogens is 2. The van der Waals surface area contributed by atoms with E-state index >= 15 is 0 Å². The number of hydrogen-bond acceptors (Lipinski definition) is 3. The fourth-order valence-electron chi connectivity index (χ4n) is 0.682. The summed E-state index contributed by atoms with van der Waals surface area (Å²) in [5.41, 5.74) is 5.36. The van der Waals surface area contributed by atoms with Gasteiger partial charge in [-0.05, 0) is 13.0 Å². The molecule has 0 amide bonds. The molecule has 0 radical (unpaired) electrons. The first-order valence-corrected chi connectivity index (χ1v) is 3.15. The molecule has 1 aromatic rings. The van der Waals surface area contributed by atoms with E-state index in [2.05, 4.69) is 5.10 Å². The SMILES string of the molecule is CC(CO)n1ccc(N)n1. The Labute approximate surface area is 59.3 Å². The summed E-state index contributed by atoms with van der Waals surface area (Å²) in [4.78, 5) is 0. The Balaban J connectivity index is 2.74. The number of hydrogen-bond donors (Lipinski definition) is 2. The maximum Gasteiger partial charge on any atom is 0.145 e. The summed E-state index contributed by atoms with van der Waals surface area (Å²) >= 11 is 0. The predicted molar refractivity (Wildman–Crippen MR) is 38.4 cm³/mol. The minimum absolute atomic E-state index is 0.0114. The molecule has 4 heteroatoms. The highest BCUT2D eigenvalue weighted by atomic mass is 16.3. The average molecular weight is 141 g/mol. The molecule has 1 heterocycles. The lowest BCUT2D eigenvalue weighted by molar-refractivity contribution is 0.230. The third kappa shape index (κ3) is 1.27. The smallest absolute Gasteiger partial charge is 0.145 e. The van der Waals surface area contributed by atoms with Crippen LogP contribution in [0.3, 0.4) is 0 Å². The topological polar surface area (TPSA) is 64.1 Å². The van der Waals surface area contributed by atoms with E-state index in [0.29, 0.717) is 5.82 Å². The molecule has 0 spiro atoms. The van der Waals surface area contributed by atoms with Gasteiger partial charge in [0.15, 0.2) is 0 Å². The van der Waals surface area contributed by atoms with Gasteiger partial charge in [0, 0.05) is 6.20 Å². The van der Waals surface area contributed by atoms with Crippen LogP contribution in [0.25, 0.3) is 0 Å². The first kappa shape index (κ1) is 7.08. The zero-order chi connectivity index (χ0) is 7.56. The van der Waals surface area contributed by atoms with Crippen LogP contribution in [-0.2, 0) is 0 Å². The van der Waals surface area contributed by atoms with Gasteiger partial charge in [0.05, 0.1) is 12.6 Å². The van der Waals surface area contributed by atoms with Gasteiger partial charge in [0.25, 0.3) is 0 Å². The first-order valence-electron chi connectivity index (χ1n) is 3.15. The molecule has 1 aromatic heterocycles. The largest absolute Gasteiger partial charge is 0.394 e. The van der Waals surface area contributed by atoms with Crippen LogP contribution in [-0.4, -0.2) is 21.5 Å². The molecular weight excluding hydrogens is 130 g/mol. The molecule has 0 aliphatic rings. The van der Waals surface area contributed by atoms with E-state index in [1.807, 2.05) is 6.92 Å². The van der Waals surface area contributed by atoms with Crippen LogP contribution in [0.1, 0.15) is 13.0 Å². The van der Waals surface area contributed by atoms with Gasteiger partial charge in [-0.2, -0.15) is 5.10 Å². The van der Waals surface area contributed by atoms with E-state index in [1.54, 1.807) is 16.9 Å². The molecule has 0 aromatic carbocycles. The highest BCUT2D eigenvalue weighted by Crippen LogP contribution is 2.04. The summed E-state index contributed by atoms with van der Waals surface area (Å²) in [6.07, 6.45) is 1.75. The Kier molecular flexibility index (Phi) is 1.91. The number of nitrogens with zero attached hydrogens (tertiary/aromatic N) is 2. The molecule has 4 nitrogen and oxygen atoms in total. The summed E-state index contributed by atoms with van der Waals surface area (Å²) in [6.45, 7) is 1.95. The van der Waals surface area contributed by atoms with Gasteiger partial charge >= 0.3 is 0 Å². The Hall–Kier alpha value is -1.03. The molecule has 1 atom stereocenters. The van der Waals surface area contributed by atoms with Gasteiger partial charge in [0.1, 0.15) is 5.82 Å². The van der Waals surface area contributed by atoms with Crippen molar-refractivity contribution in [2.24, 2.45) is 0 Å². The predicted octanol–water partition coefficient (Wildman–Crippen LogP) is 0.0186. The van der Waals surface area contributed by atoms with Crippen molar-refractivity contribution < 1.29 is 5.11 Å². The number of nitrogens with two attached hydrogens (primary N) is 1. The van der Waals surface area contributed by atoms with Crippen LogP contribution in [0.4, 0.5) is 5.82 Å². The Morgan fingerprint density at radius 1 is 1.90 bits per heavy atom. The number of nitrogen functional groups attached to an aromatic ring is 1. The summed E-state index contributed by atoms with van der Waals surface area (Å²) < 4.78 is 1.63. The molecule has 3 N–H and O–H groups in total. The number of rotatable bonds is 2. The van der Waals surface area contributed by atoms with Crippen molar-refractivity contribution in [3.8, 4) is 0 Å². The molecule has 0 saturated heterocycles. The van der Waals surface area contributed by atoms with Crippen LogP contribution in [0.5, 0.6) is 0 Å². The summed E-state index contributed by atoms with van der Waals surface area (Å²) in [5, 5.41) is 12.6. The van der Waals surface area contributed by atoms with Crippen LogP contribution >= 0.6 is 0 Å². The number of anilines is 1. The van der Waals surface area contributed by atoms with E-state index in [0.717, 1.165) is 0 Å². The van der Waals surface area contributed by atoms with Gasteiger partial charge in [0.2, 0.25) is 0 Å². The lowest BCUT2D eigenvalue weighted by Gasteiger charge is -2.06. The number of aliphatic hydroxyl groups is 1. The second-order valence-electron chi connectivity index (χ2n) is 2.25. The Morgan fingerprint density at radius 3 is 3.00 bits per heavy atom. The molecule has 0 saturated carbocycles. The molecule has 0 bridgehead atoms. The maximum absolute atomic E-state index is 8.70. The Bertz CT molecular complexity index is 209. The van der Waals surface area contributed by atoms with Crippen molar-refractivity contribution in [2.45, 2.75) is 13.0 Å². The Morgan fingerprint density at radius 2 is 2.60 bits per heavy atom. The zero-order valence-corrected chi connectivity index (χ0v) is 5.86. The lowest BCUT2D eigenvalue weighted by atomic mass is 10.4. The van der Waals surface area contributed by atoms with E-state index < -0.39 is 0 Å². The number of aliphatic hydroxyl groups excluding tert-OH is 1. The minimum Gasteiger partial charge on any atom is -0.394 e. The van der Waals surface area contributed by atoms with E-state index in [4.69, 9.17) is 10.8 Å². The fraction of sp³-hybridized carbons (Fsp3) is 0.500. The van der Waals surface area contributed by atoms with Crippen LogP contribution < -0.4 is 5.73 Å². The molecule has 1 unspecified atom stereocenters. The van der Waals surface area contributed by atoms with Crippen molar-refractivity contribution in [3.63, 3.8) is 0 Å². The molecular formula is C6H11N3O. The zero-order valence-electron chi connectivity index (χ0n) is 5.86. The second kappa shape index (κ2) is 2.70. The third-order valence-corrected chi connectivity index (χ3v) is 1.34. The van der Waals surface area contributed by atoms with Crippen LogP contribution in [0.2, 0.25) is 0 Å². The molecule has 56 valence electrons. The van der Waals surface area contributed by atoms with Crippen molar-refractivity contribution in [1.82, 2.24) is 9.78 Å². The molecule has 10 heavy (non-hydrogen) atoms. The second-order valence-corrected chi connectivity index (χ2v) is 2.25. The molecule has 0 aliphatic heterocycles. The summed E-state index contributed by atoms with van der Waals surface area (Å²) in [5.74, 6) is 0.486. The van der Waals surface area contributed by atoms with Crippen molar-refractivity contribution in [2.75, 3.05) is 12.3 Å². The van der Waals surface area contributed by atoms with Crippen LogP contribution in [0, 0.1) is 0 Å². The molecule has 0 fully saturated rings. The standard InChI is InChI=1S/C6H11N3O/c1-5(4-10)9-3-2-6(7)8-9/h2-3,5,10H,4H2,1H3,(H2,7,8). The normalized spacial score (nSPS) is 13.4. The summed E-state index contributed by atoms with van der Waals surface area (Å²) in [7, 11) is 0. The first-order chi connectivity index (χ1) is 4.74. The monoisotopic (exact) mass is 141 g/mol. The summed E-state index contributed by atoms with van der Waals surface area (Å²) in [6, 6.07) is 1.71. The molecule has 0 aliphatic carbocycles. The fourth-order valence-corrected chi connectivity index (χ4v) is 0.682. The van der Waals surface area contributed by atoms with Crippen molar-refractivity contribution >= 4 is 5.82 Å². The van der Waals surface area contributed by atoms with Gasteiger partial charge < -0.3 is 10.8 Å². The van der Waals surface area contributed by atoms with Gasteiger partial charge in [-0.15, -0.1) is 0 Å². The van der Waals surface area contributed by atoms with E-state index in [-0.39, 0.29) is 12.6 Å². The minimum atomic E-state index is 0.0114. The van der Waals surface area contributed by atoms with Crippen molar-refractivity contribution in [3.05, 3.63) is 12.3 Å². The third-order valence-electron chi connectivity index (χ3n) is 1.34. The quantitative estimate of drug-likeness (QED) is 0.610. The molecule has 1 rings (SSSR count). The highest BCUT2D eigenvalue weighted by Gasteiger charge is 2.01. The average Bonchev–Trinajstić information content (AvgIpc) is 2.34. The highest BCUT2D eigenvalue weighted by molar-refractivity contribution is 5.23. The van der Waals surface area contributed by atoms with E-state index in [1.165, 1.54) is 0 Å². The van der Waals surface area contributed by atoms with Gasteiger partial charge in [-0.25, -0.2) is 0 Å². The van der Waals surface area contributed by atoms with Gasteiger partial charge in [-0.1, -0.05) is 0 Å². The maximum atomic E-state index is 8.70.